The number of rotatable bonds is 16. The lowest BCUT2D eigenvalue weighted by molar-refractivity contribution is -0.175. The molecular weight excluding hydrogens is 697 g/mol. The maximum atomic E-state index is 13.4. The first-order valence-corrected chi connectivity index (χ1v) is 18.5. The third kappa shape index (κ3) is 8.97. The lowest BCUT2D eigenvalue weighted by atomic mass is 9.82. The number of aromatic nitrogens is 2. The van der Waals surface area contributed by atoms with Crippen molar-refractivity contribution in [1.29, 1.82) is 0 Å². The lowest BCUT2D eigenvalue weighted by Gasteiger charge is -2.27. The van der Waals surface area contributed by atoms with Crippen molar-refractivity contribution in [3.8, 4) is 34.4 Å². The fourth-order valence-electron chi connectivity index (χ4n) is 6.31. The summed E-state index contributed by atoms with van der Waals surface area (Å²) in [6.45, 7) is 11.1. The van der Waals surface area contributed by atoms with Gasteiger partial charge in [-0.1, -0.05) is 74.5 Å². The van der Waals surface area contributed by atoms with E-state index in [9.17, 15) is 9.59 Å². The minimum absolute atomic E-state index is 0.00611. The zero-order valence-electron chi connectivity index (χ0n) is 32.0. The van der Waals surface area contributed by atoms with E-state index in [-0.39, 0.29) is 38.3 Å². The second-order valence-corrected chi connectivity index (χ2v) is 13.4. The van der Waals surface area contributed by atoms with Crippen LogP contribution in [0.25, 0.3) is 22.9 Å². The Labute approximate surface area is 321 Å². The number of ether oxygens (including phenoxy) is 4. The summed E-state index contributed by atoms with van der Waals surface area (Å²) in [5, 5.41) is 0. The number of esters is 2. The van der Waals surface area contributed by atoms with Crippen LogP contribution in [-0.2, 0) is 32.3 Å². The Kier molecular flexibility index (Phi) is 12.1. The first kappa shape index (κ1) is 38.6. The number of aryl methyl sites for hydroxylation is 2. The Morgan fingerprint density at radius 2 is 0.945 bits per heavy atom. The maximum Gasteiger partial charge on any atom is 0.323 e. The smallest absolute Gasteiger partial charge is 0.323 e. The second kappa shape index (κ2) is 17.3. The fraction of sp³-hybridized carbons (Fsp3) is 0.289. The molecule has 0 spiro atoms. The van der Waals surface area contributed by atoms with Crippen LogP contribution >= 0.6 is 0 Å². The van der Waals surface area contributed by atoms with Gasteiger partial charge < -0.3 is 27.8 Å². The van der Waals surface area contributed by atoms with Crippen molar-refractivity contribution in [3.63, 3.8) is 0 Å². The molecule has 2 atom stereocenters. The van der Waals surface area contributed by atoms with E-state index in [1.807, 2.05) is 137 Å². The van der Waals surface area contributed by atoms with Crippen LogP contribution in [0.1, 0.15) is 86.8 Å². The monoisotopic (exact) mass is 742 g/mol. The number of benzene rings is 4. The highest BCUT2D eigenvalue weighted by molar-refractivity contribution is 6.00. The summed E-state index contributed by atoms with van der Waals surface area (Å²) in [6, 6.07) is 33.9. The zero-order chi connectivity index (χ0) is 39.0. The molecule has 4 aromatic carbocycles. The van der Waals surface area contributed by atoms with Gasteiger partial charge in [0.15, 0.2) is 5.41 Å². The first-order chi connectivity index (χ1) is 26.6. The molecule has 2 heterocycles. The van der Waals surface area contributed by atoms with Crippen LogP contribution in [0, 0.1) is 19.3 Å². The molecule has 6 rings (SSSR count). The zero-order valence-corrected chi connectivity index (χ0v) is 32.0. The summed E-state index contributed by atoms with van der Waals surface area (Å²) in [7, 11) is 0. The molecule has 0 saturated heterocycles. The third-order valence-corrected chi connectivity index (χ3v) is 9.68. The van der Waals surface area contributed by atoms with Gasteiger partial charge in [0.1, 0.15) is 59.8 Å². The molecule has 55 heavy (non-hydrogen) atoms. The van der Waals surface area contributed by atoms with Crippen LogP contribution in [0.4, 0.5) is 0 Å². The highest BCUT2D eigenvalue weighted by Crippen LogP contribution is 2.33. The highest BCUT2D eigenvalue weighted by atomic mass is 16.6. The molecule has 6 aromatic rings. The van der Waals surface area contributed by atoms with Gasteiger partial charge in [0.25, 0.3) is 0 Å². The van der Waals surface area contributed by atoms with Gasteiger partial charge in [-0.05, 0) is 100 Å². The lowest BCUT2D eigenvalue weighted by Crippen LogP contribution is -2.41. The quantitative estimate of drug-likeness (QED) is 0.0699. The van der Waals surface area contributed by atoms with Gasteiger partial charge in [-0.2, -0.15) is 0 Å². The minimum Gasteiger partial charge on any atom is -0.484 e. The summed E-state index contributed by atoms with van der Waals surface area (Å²) < 4.78 is 35.5. The van der Waals surface area contributed by atoms with Gasteiger partial charge in [-0.25, -0.2) is 9.97 Å². The van der Waals surface area contributed by atoms with E-state index in [0.29, 0.717) is 46.2 Å². The van der Waals surface area contributed by atoms with Gasteiger partial charge in [-0.15, -0.1) is 0 Å². The molecule has 0 saturated carbocycles. The Morgan fingerprint density at radius 1 is 0.582 bits per heavy atom. The second-order valence-electron chi connectivity index (χ2n) is 13.4. The molecule has 0 aliphatic heterocycles. The Balaban J connectivity index is 0.993. The summed E-state index contributed by atoms with van der Waals surface area (Å²) in [5.74, 6) is 2.48. The molecule has 0 fully saturated rings. The molecule has 284 valence electrons. The number of hydrogen-bond acceptors (Lipinski definition) is 10. The number of hydrogen-bond donors (Lipinski definition) is 0. The van der Waals surface area contributed by atoms with Crippen LogP contribution in [-0.4, -0.2) is 21.9 Å². The molecule has 0 bridgehead atoms. The summed E-state index contributed by atoms with van der Waals surface area (Å²) in [5.41, 5.74) is 3.29. The van der Waals surface area contributed by atoms with Crippen LogP contribution in [0.15, 0.2) is 118 Å². The van der Waals surface area contributed by atoms with Gasteiger partial charge in [0.05, 0.1) is 0 Å². The SMILES string of the molecule is CCC(CC)(C(=O)OCc1ccc(OC(C)c2nc(-c3ccccc3)oc2C)cc1)C(=O)OCc1ccc(OC(C)c2nc(-c3ccccc3)oc2C)cc1. The van der Waals surface area contributed by atoms with Crippen LogP contribution in [0.3, 0.4) is 0 Å². The summed E-state index contributed by atoms with van der Waals surface area (Å²) in [4.78, 5) is 36.2. The van der Waals surface area contributed by atoms with Gasteiger partial charge >= 0.3 is 11.9 Å². The van der Waals surface area contributed by atoms with Crippen molar-refractivity contribution in [2.24, 2.45) is 5.41 Å². The van der Waals surface area contributed by atoms with Crippen LogP contribution < -0.4 is 9.47 Å². The van der Waals surface area contributed by atoms with Gasteiger partial charge in [-0.3, -0.25) is 9.59 Å². The van der Waals surface area contributed by atoms with Crippen molar-refractivity contribution >= 4 is 11.9 Å². The van der Waals surface area contributed by atoms with Gasteiger partial charge in [0, 0.05) is 11.1 Å². The average Bonchev–Trinajstić information content (AvgIpc) is 3.81. The van der Waals surface area contributed by atoms with E-state index in [0.717, 1.165) is 22.3 Å². The number of carbonyl (C=O) groups is 2. The predicted molar refractivity (Wildman–Crippen MR) is 207 cm³/mol. The van der Waals surface area contributed by atoms with E-state index in [4.69, 9.17) is 27.8 Å². The molecule has 2 unspecified atom stereocenters. The molecule has 0 aliphatic carbocycles. The molecule has 0 radical (unpaired) electrons. The number of oxazole rings is 2. The number of carbonyl (C=O) groups excluding carboxylic acids is 2. The fourth-order valence-corrected chi connectivity index (χ4v) is 6.31. The van der Waals surface area contributed by atoms with Crippen molar-refractivity contribution in [3.05, 3.63) is 143 Å². The van der Waals surface area contributed by atoms with Crippen molar-refractivity contribution in [2.75, 3.05) is 0 Å². The summed E-state index contributed by atoms with van der Waals surface area (Å²) in [6.07, 6.45) is -0.247. The first-order valence-electron chi connectivity index (χ1n) is 18.5. The van der Waals surface area contributed by atoms with E-state index < -0.39 is 17.4 Å². The van der Waals surface area contributed by atoms with Crippen molar-refractivity contribution < 1.29 is 37.4 Å². The topological polar surface area (TPSA) is 123 Å². The molecule has 0 aliphatic rings. The predicted octanol–water partition coefficient (Wildman–Crippen LogP) is 10.5. The largest absolute Gasteiger partial charge is 0.484 e. The van der Waals surface area contributed by atoms with E-state index in [2.05, 4.69) is 9.97 Å². The Bertz CT molecular complexity index is 2020. The van der Waals surface area contributed by atoms with Crippen molar-refractivity contribution in [2.45, 2.75) is 79.8 Å². The molecule has 10 nitrogen and oxygen atoms in total. The molecule has 10 heteroatoms. The number of nitrogens with zero attached hydrogens (tertiary/aromatic N) is 2. The van der Waals surface area contributed by atoms with E-state index in [1.165, 1.54) is 0 Å². The molecule has 0 amide bonds. The Hall–Kier alpha value is -6.16. The Morgan fingerprint density at radius 3 is 1.29 bits per heavy atom. The van der Waals surface area contributed by atoms with Crippen molar-refractivity contribution in [1.82, 2.24) is 9.97 Å². The molecule has 2 aromatic heterocycles. The average molecular weight is 743 g/mol. The highest BCUT2D eigenvalue weighted by Gasteiger charge is 2.46. The van der Waals surface area contributed by atoms with Crippen LogP contribution in [0.2, 0.25) is 0 Å². The standard InChI is InChI=1S/C45H46N2O8/c1-7-45(8-2,43(48)50-27-33-19-23-37(24-20-33)52-29(3)39-31(5)54-41(46-39)35-15-11-9-12-16-35)44(49)51-28-34-21-25-38(26-22-34)53-30(4)40-32(6)55-42(47-40)36-17-13-10-14-18-36/h9-26,29-30H,7-8,27-28H2,1-6H3. The maximum absolute atomic E-state index is 13.4. The third-order valence-electron chi connectivity index (χ3n) is 9.68. The molecule has 0 N–H and O–H groups in total. The normalized spacial score (nSPS) is 12.5. The molecular formula is C45H46N2O8. The summed E-state index contributed by atoms with van der Waals surface area (Å²) >= 11 is 0. The minimum atomic E-state index is -1.43. The van der Waals surface area contributed by atoms with Crippen LogP contribution in [0.5, 0.6) is 11.5 Å². The van der Waals surface area contributed by atoms with E-state index >= 15 is 0 Å². The van der Waals surface area contributed by atoms with E-state index in [1.54, 1.807) is 13.8 Å². The van der Waals surface area contributed by atoms with Gasteiger partial charge in [0.2, 0.25) is 11.8 Å².